The minimum Gasteiger partial charge on any atom is -0.355 e. The average Bonchev–Trinajstić information content (AvgIpc) is 2.99. The molecular weight excluding hydrogens is 232 g/mol. The second-order valence-corrected chi connectivity index (χ2v) is 4.93. The van der Waals surface area contributed by atoms with Crippen LogP contribution < -0.4 is 11.1 Å². The number of aromatic nitrogens is 2. The van der Waals surface area contributed by atoms with Crippen molar-refractivity contribution in [2.24, 2.45) is 11.1 Å². The van der Waals surface area contributed by atoms with Crippen LogP contribution in [0.2, 0.25) is 0 Å². The third-order valence-electron chi connectivity index (χ3n) is 3.63. The van der Waals surface area contributed by atoms with Crippen LogP contribution in [0.3, 0.4) is 0 Å². The highest BCUT2D eigenvalue weighted by molar-refractivity contribution is 5.83. The van der Waals surface area contributed by atoms with Gasteiger partial charge in [-0.15, -0.1) is 0 Å². The van der Waals surface area contributed by atoms with E-state index in [4.69, 9.17) is 10.3 Å². The Labute approximate surface area is 106 Å². The van der Waals surface area contributed by atoms with Gasteiger partial charge in [0.05, 0.1) is 5.41 Å². The van der Waals surface area contributed by atoms with E-state index in [1.807, 2.05) is 0 Å². The van der Waals surface area contributed by atoms with Gasteiger partial charge in [0.25, 0.3) is 0 Å². The molecule has 0 radical (unpaired) electrons. The van der Waals surface area contributed by atoms with Gasteiger partial charge >= 0.3 is 0 Å². The van der Waals surface area contributed by atoms with Crippen molar-refractivity contribution >= 4 is 5.91 Å². The number of hydrogen-bond acceptors (Lipinski definition) is 5. The molecule has 1 amide bonds. The summed E-state index contributed by atoms with van der Waals surface area (Å²) in [5.74, 6) is 1.24. The molecule has 6 heteroatoms. The lowest BCUT2D eigenvalue weighted by molar-refractivity contribution is -0.130. The summed E-state index contributed by atoms with van der Waals surface area (Å²) in [6.07, 6.45) is 4.54. The van der Waals surface area contributed by atoms with Crippen LogP contribution in [0.5, 0.6) is 0 Å². The summed E-state index contributed by atoms with van der Waals surface area (Å²) in [7, 11) is 0. The highest BCUT2D eigenvalue weighted by Gasteiger charge is 2.39. The SMILES string of the molecule is Cc1noc(CCNC(=O)C2(CN)CCCC2)n1. The molecule has 0 spiro atoms. The molecule has 0 bridgehead atoms. The van der Waals surface area contributed by atoms with E-state index in [1.54, 1.807) is 6.92 Å². The summed E-state index contributed by atoms with van der Waals surface area (Å²) in [5, 5.41) is 6.63. The Morgan fingerprint density at radius 2 is 2.22 bits per heavy atom. The molecule has 0 aromatic carbocycles. The van der Waals surface area contributed by atoms with E-state index in [0.29, 0.717) is 31.2 Å². The fourth-order valence-corrected chi connectivity index (χ4v) is 2.49. The monoisotopic (exact) mass is 252 g/mol. The second kappa shape index (κ2) is 5.48. The zero-order valence-corrected chi connectivity index (χ0v) is 10.7. The summed E-state index contributed by atoms with van der Waals surface area (Å²) in [6, 6.07) is 0. The van der Waals surface area contributed by atoms with Crippen molar-refractivity contribution in [3.05, 3.63) is 11.7 Å². The molecule has 100 valence electrons. The van der Waals surface area contributed by atoms with Crippen LogP contribution in [-0.2, 0) is 11.2 Å². The van der Waals surface area contributed by atoms with Crippen molar-refractivity contribution in [2.75, 3.05) is 13.1 Å². The van der Waals surface area contributed by atoms with Crippen LogP contribution in [0, 0.1) is 12.3 Å². The Hall–Kier alpha value is -1.43. The Balaban J connectivity index is 1.81. The zero-order chi connectivity index (χ0) is 13.0. The Morgan fingerprint density at radius 1 is 1.50 bits per heavy atom. The lowest BCUT2D eigenvalue weighted by Crippen LogP contribution is -2.44. The third kappa shape index (κ3) is 2.69. The molecule has 1 saturated carbocycles. The first-order valence-electron chi connectivity index (χ1n) is 6.44. The van der Waals surface area contributed by atoms with Gasteiger partial charge in [0.2, 0.25) is 11.8 Å². The van der Waals surface area contributed by atoms with Gasteiger partial charge in [0, 0.05) is 19.5 Å². The predicted molar refractivity (Wildman–Crippen MR) is 65.7 cm³/mol. The molecule has 1 aliphatic rings. The number of amides is 1. The Kier molecular flexibility index (Phi) is 3.96. The molecule has 1 aliphatic carbocycles. The summed E-state index contributed by atoms with van der Waals surface area (Å²) in [4.78, 5) is 16.2. The second-order valence-electron chi connectivity index (χ2n) is 4.93. The van der Waals surface area contributed by atoms with Gasteiger partial charge in [0.15, 0.2) is 5.82 Å². The summed E-state index contributed by atoms with van der Waals surface area (Å²) in [5.41, 5.74) is 5.41. The highest BCUT2D eigenvalue weighted by Crippen LogP contribution is 2.37. The smallest absolute Gasteiger partial charge is 0.228 e. The normalized spacial score (nSPS) is 17.9. The van der Waals surface area contributed by atoms with E-state index in [-0.39, 0.29) is 11.3 Å². The van der Waals surface area contributed by atoms with Crippen LogP contribution in [-0.4, -0.2) is 29.1 Å². The molecular formula is C12H20N4O2. The van der Waals surface area contributed by atoms with Gasteiger partial charge in [-0.25, -0.2) is 0 Å². The first-order chi connectivity index (χ1) is 8.66. The number of carbonyl (C=O) groups excluding carboxylic acids is 1. The number of nitrogens with two attached hydrogens (primary N) is 1. The van der Waals surface area contributed by atoms with Crippen molar-refractivity contribution < 1.29 is 9.32 Å². The molecule has 6 nitrogen and oxygen atoms in total. The summed E-state index contributed by atoms with van der Waals surface area (Å²) in [6.45, 7) is 2.72. The number of hydrogen-bond donors (Lipinski definition) is 2. The minimum atomic E-state index is -0.343. The van der Waals surface area contributed by atoms with Crippen molar-refractivity contribution in [2.45, 2.75) is 39.0 Å². The summed E-state index contributed by atoms with van der Waals surface area (Å²) < 4.78 is 4.99. The number of aryl methyl sites for hydroxylation is 1. The minimum absolute atomic E-state index is 0.0683. The molecule has 1 aromatic rings. The first-order valence-corrected chi connectivity index (χ1v) is 6.44. The van der Waals surface area contributed by atoms with E-state index < -0.39 is 0 Å². The number of nitrogens with zero attached hydrogens (tertiary/aromatic N) is 2. The molecule has 0 aliphatic heterocycles. The van der Waals surface area contributed by atoms with Gasteiger partial charge in [-0.2, -0.15) is 4.98 Å². The Bertz CT molecular complexity index is 410. The fraction of sp³-hybridized carbons (Fsp3) is 0.750. The lowest BCUT2D eigenvalue weighted by Gasteiger charge is -2.25. The van der Waals surface area contributed by atoms with Crippen molar-refractivity contribution in [3.8, 4) is 0 Å². The molecule has 18 heavy (non-hydrogen) atoms. The molecule has 2 rings (SSSR count). The van der Waals surface area contributed by atoms with Crippen LogP contribution in [0.4, 0.5) is 0 Å². The van der Waals surface area contributed by atoms with Crippen molar-refractivity contribution in [3.63, 3.8) is 0 Å². The van der Waals surface area contributed by atoms with Gasteiger partial charge in [-0.05, 0) is 19.8 Å². The molecule has 1 aromatic heterocycles. The van der Waals surface area contributed by atoms with Crippen LogP contribution in [0.25, 0.3) is 0 Å². The van der Waals surface area contributed by atoms with Crippen LogP contribution in [0.15, 0.2) is 4.52 Å². The molecule has 3 N–H and O–H groups in total. The number of nitrogens with one attached hydrogen (secondary N) is 1. The third-order valence-corrected chi connectivity index (χ3v) is 3.63. The van der Waals surface area contributed by atoms with Gasteiger partial charge in [0.1, 0.15) is 0 Å². The lowest BCUT2D eigenvalue weighted by atomic mass is 9.85. The highest BCUT2D eigenvalue weighted by atomic mass is 16.5. The van der Waals surface area contributed by atoms with E-state index in [0.717, 1.165) is 25.7 Å². The van der Waals surface area contributed by atoms with Gasteiger partial charge in [-0.1, -0.05) is 18.0 Å². The fourth-order valence-electron chi connectivity index (χ4n) is 2.49. The maximum Gasteiger partial charge on any atom is 0.228 e. The van der Waals surface area contributed by atoms with Crippen molar-refractivity contribution in [1.82, 2.24) is 15.5 Å². The number of rotatable bonds is 5. The number of carbonyl (C=O) groups is 1. The molecule has 0 atom stereocenters. The predicted octanol–water partition coefficient (Wildman–Crippen LogP) is 0.556. The quantitative estimate of drug-likeness (QED) is 0.798. The average molecular weight is 252 g/mol. The van der Waals surface area contributed by atoms with E-state index in [9.17, 15) is 4.79 Å². The molecule has 0 unspecified atom stereocenters. The topological polar surface area (TPSA) is 94.0 Å². The maximum atomic E-state index is 12.1. The summed E-state index contributed by atoms with van der Waals surface area (Å²) >= 11 is 0. The van der Waals surface area contributed by atoms with Crippen molar-refractivity contribution in [1.29, 1.82) is 0 Å². The van der Waals surface area contributed by atoms with Gasteiger partial charge < -0.3 is 15.6 Å². The molecule has 1 fully saturated rings. The standard InChI is InChI=1S/C12H20N4O2/c1-9-15-10(18-16-9)4-7-14-11(17)12(8-13)5-2-3-6-12/h2-8,13H2,1H3,(H,14,17). The van der Waals surface area contributed by atoms with E-state index in [1.165, 1.54) is 0 Å². The molecule has 0 saturated heterocycles. The zero-order valence-electron chi connectivity index (χ0n) is 10.7. The van der Waals surface area contributed by atoms with Crippen LogP contribution >= 0.6 is 0 Å². The largest absolute Gasteiger partial charge is 0.355 e. The maximum absolute atomic E-state index is 12.1. The van der Waals surface area contributed by atoms with Crippen LogP contribution in [0.1, 0.15) is 37.4 Å². The van der Waals surface area contributed by atoms with Gasteiger partial charge in [-0.3, -0.25) is 4.79 Å². The van der Waals surface area contributed by atoms with E-state index in [2.05, 4.69) is 15.5 Å². The first kappa shape index (κ1) is 13.0. The molecule has 1 heterocycles. The van der Waals surface area contributed by atoms with E-state index >= 15 is 0 Å². The Morgan fingerprint density at radius 3 is 2.78 bits per heavy atom.